The molecule has 0 bridgehead atoms. The number of hydrogen-bond acceptors (Lipinski definition) is 5. The SMILES string of the molecule is COC(CNC(=O)c1ccccc1C(=O)c1ccccc1O)OC. The first kappa shape index (κ1) is 17.7. The molecule has 2 aromatic carbocycles. The molecule has 0 atom stereocenters. The zero-order valence-electron chi connectivity index (χ0n) is 13.5. The maximum atomic E-state index is 12.7. The van der Waals surface area contributed by atoms with Gasteiger partial charge in [0.15, 0.2) is 12.1 Å². The summed E-state index contributed by atoms with van der Waals surface area (Å²) in [4.78, 5) is 25.0. The largest absolute Gasteiger partial charge is 0.507 e. The Morgan fingerprint density at radius 1 is 0.958 bits per heavy atom. The smallest absolute Gasteiger partial charge is 0.252 e. The van der Waals surface area contributed by atoms with Gasteiger partial charge in [-0.1, -0.05) is 30.3 Å². The van der Waals surface area contributed by atoms with Crippen molar-refractivity contribution in [3.63, 3.8) is 0 Å². The summed E-state index contributed by atoms with van der Waals surface area (Å²) in [6.45, 7) is 0.144. The van der Waals surface area contributed by atoms with Gasteiger partial charge in [-0.2, -0.15) is 0 Å². The van der Waals surface area contributed by atoms with Crippen LogP contribution in [0.3, 0.4) is 0 Å². The van der Waals surface area contributed by atoms with Crippen LogP contribution in [-0.4, -0.2) is 43.9 Å². The van der Waals surface area contributed by atoms with Crippen LogP contribution >= 0.6 is 0 Å². The van der Waals surface area contributed by atoms with Gasteiger partial charge in [0.1, 0.15) is 5.75 Å². The standard InChI is InChI=1S/C18H19NO5/c1-23-16(24-2)11-19-18(22)13-8-4-3-7-12(13)17(21)14-9-5-6-10-15(14)20/h3-10,16,20H,11H2,1-2H3,(H,19,22). The molecular weight excluding hydrogens is 310 g/mol. The summed E-state index contributed by atoms with van der Waals surface area (Å²) in [6.07, 6.45) is -0.574. The van der Waals surface area contributed by atoms with Gasteiger partial charge < -0.3 is 19.9 Å². The number of aromatic hydroxyl groups is 1. The van der Waals surface area contributed by atoms with Gasteiger partial charge in [0.2, 0.25) is 0 Å². The summed E-state index contributed by atoms with van der Waals surface area (Å²) in [5.41, 5.74) is 0.573. The Morgan fingerprint density at radius 2 is 1.50 bits per heavy atom. The number of hydrogen-bond donors (Lipinski definition) is 2. The number of amides is 1. The first-order chi connectivity index (χ1) is 11.6. The minimum absolute atomic E-state index is 0.128. The predicted molar refractivity (Wildman–Crippen MR) is 88.1 cm³/mol. The number of phenols is 1. The Hall–Kier alpha value is -2.70. The van der Waals surface area contributed by atoms with E-state index < -0.39 is 18.0 Å². The van der Waals surface area contributed by atoms with E-state index in [2.05, 4.69) is 5.32 Å². The topological polar surface area (TPSA) is 84.9 Å². The van der Waals surface area contributed by atoms with E-state index >= 15 is 0 Å². The number of methoxy groups -OCH3 is 2. The summed E-state index contributed by atoms with van der Waals surface area (Å²) in [6, 6.07) is 12.6. The molecule has 0 unspecified atom stereocenters. The quantitative estimate of drug-likeness (QED) is 0.599. The molecule has 0 saturated heterocycles. The minimum Gasteiger partial charge on any atom is -0.507 e. The van der Waals surface area contributed by atoms with E-state index in [0.717, 1.165) is 0 Å². The second kappa shape index (κ2) is 8.24. The fraction of sp³-hybridized carbons (Fsp3) is 0.222. The summed E-state index contributed by atoms with van der Waals surface area (Å²) in [7, 11) is 2.94. The Kier molecular flexibility index (Phi) is 6.06. The van der Waals surface area contributed by atoms with E-state index in [1.54, 1.807) is 36.4 Å². The van der Waals surface area contributed by atoms with Gasteiger partial charge >= 0.3 is 0 Å². The summed E-state index contributed by atoms with van der Waals surface area (Å²) < 4.78 is 10.0. The second-order valence-corrected chi connectivity index (χ2v) is 5.00. The zero-order chi connectivity index (χ0) is 17.5. The highest BCUT2D eigenvalue weighted by molar-refractivity contribution is 6.16. The van der Waals surface area contributed by atoms with E-state index in [1.807, 2.05) is 0 Å². The van der Waals surface area contributed by atoms with Crippen LogP contribution in [0.5, 0.6) is 5.75 Å². The molecule has 0 saturated carbocycles. The van der Waals surface area contributed by atoms with Crippen molar-refractivity contribution in [2.24, 2.45) is 0 Å². The molecular formula is C18H19NO5. The third kappa shape index (κ3) is 3.98. The molecule has 6 nitrogen and oxygen atoms in total. The molecule has 6 heteroatoms. The number of nitrogens with one attached hydrogen (secondary N) is 1. The number of phenolic OH excluding ortho intramolecular Hbond substituents is 1. The molecule has 0 spiro atoms. The molecule has 0 aliphatic heterocycles. The van der Waals surface area contributed by atoms with Crippen LogP contribution < -0.4 is 5.32 Å². The van der Waals surface area contributed by atoms with Gasteiger partial charge in [-0.05, 0) is 18.2 Å². The van der Waals surface area contributed by atoms with Gasteiger partial charge in [0.25, 0.3) is 5.91 Å². The van der Waals surface area contributed by atoms with E-state index in [4.69, 9.17) is 9.47 Å². The van der Waals surface area contributed by atoms with E-state index in [0.29, 0.717) is 0 Å². The fourth-order valence-corrected chi connectivity index (χ4v) is 2.22. The van der Waals surface area contributed by atoms with Crippen LogP contribution in [0.25, 0.3) is 0 Å². The Morgan fingerprint density at radius 3 is 2.08 bits per heavy atom. The Bertz CT molecular complexity index is 725. The maximum absolute atomic E-state index is 12.7. The van der Waals surface area contributed by atoms with Crippen molar-refractivity contribution in [2.45, 2.75) is 6.29 Å². The van der Waals surface area contributed by atoms with E-state index in [9.17, 15) is 14.7 Å². The summed E-state index contributed by atoms with van der Waals surface area (Å²) >= 11 is 0. The average Bonchev–Trinajstić information content (AvgIpc) is 2.62. The Balaban J connectivity index is 2.26. The molecule has 2 rings (SSSR count). The number of ether oxygens (including phenoxy) is 2. The highest BCUT2D eigenvalue weighted by Crippen LogP contribution is 2.21. The number of carbonyl (C=O) groups excluding carboxylic acids is 2. The third-order valence-electron chi connectivity index (χ3n) is 3.52. The monoisotopic (exact) mass is 329 g/mol. The lowest BCUT2D eigenvalue weighted by Gasteiger charge is -2.15. The summed E-state index contributed by atoms with van der Waals surface area (Å²) in [5.74, 6) is -0.973. The van der Waals surface area contributed by atoms with Crippen molar-refractivity contribution in [3.05, 3.63) is 65.2 Å². The molecule has 2 aromatic rings. The number of ketones is 1. The first-order valence-electron chi connectivity index (χ1n) is 7.34. The second-order valence-electron chi connectivity index (χ2n) is 5.00. The van der Waals surface area contributed by atoms with Crippen molar-refractivity contribution >= 4 is 11.7 Å². The van der Waals surface area contributed by atoms with Crippen molar-refractivity contribution in [1.29, 1.82) is 0 Å². The van der Waals surface area contributed by atoms with E-state index in [-0.39, 0.29) is 29.0 Å². The average molecular weight is 329 g/mol. The van der Waals surface area contributed by atoms with Crippen LogP contribution in [0.2, 0.25) is 0 Å². The molecule has 24 heavy (non-hydrogen) atoms. The van der Waals surface area contributed by atoms with E-state index in [1.165, 1.54) is 26.4 Å². The van der Waals surface area contributed by atoms with Gasteiger partial charge in [-0.25, -0.2) is 0 Å². The van der Waals surface area contributed by atoms with Crippen molar-refractivity contribution < 1.29 is 24.2 Å². The highest BCUT2D eigenvalue weighted by atomic mass is 16.7. The number of rotatable bonds is 7. The molecule has 0 aliphatic carbocycles. The van der Waals surface area contributed by atoms with Crippen molar-refractivity contribution in [3.8, 4) is 5.75 Å². The van der Waals surface area contributed by atoms with Crippen LogP contribution in [0.15, 0.2) is 48.5 Å². The molecule has 126 valence electrons. The van der Waals surface area contributed by atoms with Gasteiger partial charge in [0, 0.05) is 19.8 Å². The highest BCUT2D eigenvalue weighted by Gasteiger charge is 2.20. The lowest BCUT2D eigenvalue weighted by molar-refractivity contribution is -0.0974. The predicted octanol–water partition coefficient (Wildman–Crippen LogP) is 1.97. The maximum Gasteiger partial charge on any atom is 0.252 e. The lowest BCUT2D eigenvalue weighted by atomic mass is 9.97. The van der Waals surface area contributed by atoms with Crippen molar-refractivity contribution in [2.75, 3.05) is 20.8 Å². The molecule has 0 fully saturated rings. The molecule has 2 N–H and O–H groups in total. The third-order valence-corrected chi connectivity index (χ3v) is 3.52. The van der Waals surface area contributed by atoms with Crippen LogP contribution in [0.4, 0.5) is 0 Å². The number of benzene rings is 2. The van der Waals surface area contributed by atoms with Crippen LogP contribution in [0.1, 0.15) is 26.3 Å². The summed E-state index contributed by atoms with van der Waals surface area (Å²) in [5, 5.41) is 12.5. The number of carbonyl (C=O) groups is 2. The molecule has 1 amide bonds. The first-order valence-corrected chi connectivity index (χ1v) is 7.34. The normalized spacial score (nSPS) is 10.6. The van der Waals surface area contributed by atoms with Gasteiger partial charge in [-0.15, -0.1) is 0 Å². The van der Waals surface area contributed by atoms with Gasteiger partial charge in [-0.3, -0.25) is 9.59 Å². The number of para-hydroxylation sites is 1. The molecule has 0 heterocycles. The fourth-order valence-electron chi connectivity index (χ4n) is 2.22. The molecule has 0 aromatic heterocycles. The van der Waals surface area contributed by atoms with Crippen LogP contribution in [0, 0.1) is 0 Å². The molecule has 0 aliphatic rings. The Labute approximate surface area is 140 Å². The lowest BCUT2D eigenvalue weighted by Crippen LogP contribution is -2.34. The zero-order valence-corrected chi connectivity index (χ0v) is 13.5. The molecule has 0 radical (unpaired) electrons. The minimum atomic E-state index is -0.574. The van der Waals surface area contributed by atoms with Crippen LogP contribution in [-0.2, 0) is 9.47 Å². The van der Waals surface area contributed by atoms with Gasteiger partial charge in [0.05, 0.1) is 17.7 Å². The van der Waals surface area contributed by atoms with Crippen molar-refractivity contribution in [1.82, 2.24) is 5.32 Å².